The van der Waals surface area contributed by atoms with Crippen LogP contribution in [0.1, 0.15) is 38.9 Å². The van der Waals surface area contributed by atoms with Crippen molar-refractivity contribution in [1.29, 1.82) is 0 Å². The molecule has 2 unspecified atom stereocenters. The number of nitrogens with one attached hydrogen (secondary N) is 3. The summed E-state index contributed by atoms with van der Waals surface area (Å²) in [7, 11) is -2.12. The van der Waals surface area contributed by atoms with E-state index >= 15 is 0 Å². The summed E-state index contributed by atoms with van der Waals surface area (Å²) in [5, 5.41) is 8.29. The van der Waals surface area contributed by atoms with Crippen LogP contribution in [0, 0.1) is 0 Å². The molecular formula is C23H37N7O5S. The number of allylic oxidation sites excluding steroid dienone is 1. The van der Waals surface area contributed by atoms with Gasteiger partial charge in [0, 0.05) is 33.3 Å². The molecule has 4 rings (SSSR count). The first-order valence-electron chi connectivity index (χ1n) is 12.5. The molecule has 0 aliphatic carbocycles. The van der Waals surface area contributed by atoms with Crippen molar-refractivity contribution in [2.24, 2.45) is 0 Å². The third-order valence-electron chi connectivity index (χ3n) is 6.77. The van der Waals surface area contributed by atoms with Crippen LogP contribution in [-0.4, -0.2) is 99.2 Å². The minimum absolute atomic E-state index is 0.0834. The molecule has 1 amide bonds. The van der Waals surface area contributed by atoms with Crippen LogP contribution >= 0.6 is 0 Å². The topological polar surface area (TPSA) is 128 Å². The smallest absolute Gasteiger partial charge is 0.246 e. The van der Waals surface area contributed by atoms with Gasteiger partial charge < -0.3 is 30.0 Å². The Hall–Kier alpha value is -2.45. The number of sulfonamides is 1. The van der Waals surface area contributed by atoms with Gasteiger partial charge in [-0.15, -0.1) is 0 Å². The summed E-state index contributed by atoms with van der Waals surface area (Å²) in [4.78, 5) is 19.8. The van der Waals surface area contributed by atoms with Crippen molar-refractivity contribution >= 4 is 15.9 Å². The number of likely N-dealkylation sites (N-methyl/N-ethyl adjacent to an activating group) is 1. The van der Waals surface area contributed by atoms with E-state index in [1.54, 1.807) is 13.2 Å². The summed E-state index contributed by atoms with van der Waals surface area (Å²) in [6.45, 7) is 10.5. The highest BCUT2D eigenvalue weighted by molar-refractivity contribution is 7.89. The second kappa shape index (κ2) is 11.3. The molecule has 13 heteroatoms. The van der Waals surface area contributed by atoms with Gasteiger partial charge in [-0.1, -0.05) is 13.8 Å². The Kier molecular flexibility index (Phi) is 8.35. The van der Waals surface area contributed by atoms with Crippen LogP contribution < -0.4 is 20.8 Å². The Balaban J connectivity index is 1.65. The lowest BCUT2D eigenvalue weighted by atomic mass is 10.1. The number of hydrogen-bond donors (Lipinski definition) is 3. The lowest BCUT2D eigenvalue weighted by Gasteiger charge is -2.34. The first-order chi connectivity index (χ1) is 17.3. The molecule has 3 aliphatic rings. The molecule has 2 atom stereocenters. The number of aromatic nitrogens is 1. The number of carbonyl (C=O) groups excluding carboxylic acids is 1. The van der Waals surface area contributed by atoms with Gasteiger partial charge in [0.2, 0.25) is 21.8 Å². The van der Waals surface area contributed by atoms with Gasteiger partial charge in [0.25, 0.3) is 0 Å². The lowest BCUT2D eigenvalue weighted by molar-refractivity contribution is -0.125. The summed E-state index contributed by atoms with van der Waals surface area (Å²) in [6.07, 6.45) is 1.34. The number of piperazine rings is 1. The highest BCUT2D eigenvalue weighted by Crippen LogP contribution is 2.32. The zero-order valence-corrected chi connectivity index (χ0v) is 22.2. The molecule has 200 valence electrons. The zero-order valence-electron chi connectivity index (χ0n) is 21.4. The summed E-state index contributed by atoms with van der Waals surface area (Å²) in [6, 6.07) is 1.01. The largest absolute Gasteiger partial charge is 0.478 e. The normalized spacial score (nSPS) is 23.4. The standard InChI is InChI=1S/C23H37N7O5S/c1-5-18-19-20(27-30(18)12-13-34-4)22(31)26-21(25-19)17-14-16(15-24-23(17)35-7-3)36(32,33)29-10-8-28(6-2)9-11-29/h14-15,20-21,25,27H,5-13H2,1-4H3,(H,26,31). The van der Waals surface area contributed by atoms with E-state index in [9.17, 15) is 13.2 Å². The molecule has 0 spiro atoms. The SMILES string of the molecule is CCOc1ncc(S(=O)(=O)N2CCN(CC)CC2)cc1C1NC(=O)C2NN(CCOC)C(CC)=C2N1. The Bertz CT molecular complexity index is 1090. The van der Waals surface area contributed by atoms with Gasteiger partial charge >= 0.3 is 0 Å². The average Bonchev–Trinajstić information content (AvgIpc) is 3.25. The van der Waals surface area contributed by atoms with Crippen molar-refractivity contribution in [2.45, 2.75) is 44.3 Å². The maximum Gasteiger partial charge on any atom is 0.246 e. The number of hydrogen-bond acceptors (Lipinski definition) is 10. The molecule has 36 heavy (non-hydrogen) atoms. The molecule has 0 aromatic carbocycles. The maximum absolute atomic E-state index is 13.5. The quantitative estimate of drug-likeness (QED) is 0.385. The number of ether oxygens (including phenoxy) is 2. The van der Waals surface area contributed by atoms with Crippen LogP contribution in [0.3, 0.4) is 0 Å². The Morgan fingerprint density at radius 2 is 1.89 bits per heavy atom. The second-order valence-corrected chi connectivity index (χ2v) is 10.8. The number of fused-ring (bicyclic) bond motifs is 1. The molecule has 3 N–H and O–H groups in total. The number of nitrogens with zero attached hydrogens (tertiary/aromatic N) is 4. The lowest BCUT2D eigenvalue weighted by Crippen LogP contribution is -2.56. The molecule has 1 aromatic rings. The molecule has 0 saturated carbocycles. The Morgan fingerprint density at radius 1 is 1.14 bits per heavy atom. The molecular weight excluding hydrogens is 486 g/mol. The van der Waals surface area contributed by atoms with Gasteiger partial charge in [-0.25, -0.2) is 18.8 Å². The van der Waals surface area contributed by atoms with Crippen molar-refractivity contribution in [3.05, 3.63) is 29.2 Å². The van der Waals surface area contributed by atoms with Crippen molar-refractivity contribution in [3.63, 3.8) is 0 Å². The molecule has 0 bridgehead atoms. The highest BCUT2D eigenvalue weighted by atomic mass is 32.2. The monoisotopic (exact) mass is 523 g/mol. The van der Waals surface area contributed by atoms with Crippen LogP contribution in [0.4, 0.5) is 0 Å². The molecule has 0 radical (unpaired) electrons. The zero-order chi connectivity index (χ0) is 25.9. The summed E-state index contributed by atoms with van der Waals surface area (Å²) < 4.78 is 39.3. The van der Waals surface area contributed by atoms with E-state index in [4.69, 9.17) is 9.47 Å². The van der Waals surface area contributed by atoms with Crippen LogP contribution in [-0.2, 0) is 19.6 Å². The third-order valence-corrected chi connectivity index (χ3v) is 8.64. The molecule has 2 saturated heterocycles. The van der Waals surface area contributed by atoms with E-state index in [-0.39, 0.29) is 16.7 Å². The van der Waals surface area contributed by atoms with E-state index in [1.807, 2.05) is 18.9 Å². The van der Waals surface area contributed by atoms with Gasteiger partial charge in [0.1, 0.15) is 17.1 Å². The van der Waals surface area contributed by atoms with Crippen molar-refractivity contribution in [1.82, 2.24) is 35.3 Å². The van der Waals surface area contributed by atoms with E-state index in [0.29, 0.717) is 57.9 Å². The van der Waals surface area contributed by atoms with Crippen LogP contribution in [0.5, 0.6) is 5.88 Å². The highest BCUT2D eigenvalue weighted by Gasteiger charge is 2.42. The van der Waals surface area contributed by atoms with Gasteiger partial charge in [-0.3, -0.25) is 4.79 Å². The van der Waals surface area contributed by atoms with E-state index in [1.165, 1.54) is 10.5 Å². The predicted molar refractivity (Wildman–Crippen MR) is 133 cm³/mol. The van der Waals surface area contributed by atoms with Gasteiger partial charge in [-0.05, 0) is 26.0 Å². The summed E-state index contributed by atoms with van der Waals surface area (Å²) in [5.41, 5.74) is 5.41. The third kappa shape index (κ3) is 5.16. The predicted octanol–water partition coefficient (Wildman–Crippen LogP) is -0.0187. The van der Waals surface area contributed by atoms with Gasteiger partial charge in [0.05, 0.1) is 42.9 Å². The Morgan fingerprint density at radius 3 is 2.53 bits per heavy atom. The first kappa shape index (κ1) is 26.6. The fraction of sp³-hybridized carbons (Fsp3) is 0.652. The fourth-order valence-electron chi connectivity index (χ4n) is 4.79. The molecule has 3 aliphatic heterocycles. The summed E-state index contributed by atoms with van der Waals surface area (Å²) >= 11 is 0. The van der Waals surface area contributed by atoms with Crippen LogP contribution in [0.15, 0.2) is 28.6 Å². The van der Waals surface area contributed by atoms with E-state index in [2.05, 4.69) is 32.9 Å². The van der Waals surface area contributed by atoms with Gasteiger partial charge in [0.15, 0.2) is 0 Å². The number of rotatable bonds is 10. The second-order valence-electron chi connectivity index (χ2n) is 8.84. The number of hydrazine groups is 1. The average molecular weight is 524 g/mol. The molecule has 12 nitrogen and oxygen atoms in total. The summed E-state index contributed by atoms with van der Waals surface area (Å²) in [5.74, 6) is 0.0651. The number of amides is 1. The van der Waals surface area contributed by atoms with Gasteiger partial charge in [-0.2, -0.15) is 4.31 Å². The Labute approximate surface area is 213 Å². The fourth-order valence-corrected chi connectivity index (χ4v) is 6.20. The first-order valence-corrected chi connectivity index (χ1v) is 14.0. The van der Waals surface area contributed by atoms with Crippen LogP contribution in [0.25, 0.3) is 0 Å². The van der Waals surface area contributed by atoms with Crippen molar-refractivity contribution in [2.75, 3.05) is 59.6 Å². The van der Waals surface area contributed by atoms with Crippen molar-refractivity contribution in [3.8, 4) is 5.88 Å². The maximum atomic E-state index is 13.5. The van der Waals surface area contributed by atoms with Crippen molar-refractivity contribution < 1.29 is 22.7 Å². The minimum atomic E-state index is -3.75. The van der Waals surface area contributed by atoms with Crippen LogP contribution in [0.2, 0.25) is 0 Å². The van der Waals surface area contributed by atoms with E-state index in [0.717, 1.165) is 17.9 Å². The van der Waals surface area contributed by atoms with E-state index < -0.39 is 22.2 Å². The molecule has 2 fully saturated rings. The molecule has 4 heterocycles. The number of carbonyl (C=O) groups is 1. The molecule has 1 aromatic heterocycles. The number of pyridine rings is 1. The number of methoxy groups -OCH3 is 1. The minimum Gasteiger partial charge on any atom is -0.478 e.